The topological polar surface area (TPSA) is 33.2 Å². The summed E-state index contributed by atoms with van der Waals surface area (Å²) in [5.74, 6) is -0.0658. The Labute approximate surface area is 110 Å². The van der Waals surface area contributed by atoms with Crippen LogP contribution < -0.4 is 0 Å². The minimum atomic E-state index is -0.0658. The zero-order valence-electron chi connectivity index (χ0n) is 9.95. The molecule has 0 aliphatic rings. The lowest BCUT2D eigenvalue weighted by Crippen LogP contribution is -2.30. The van der Waals surface area contributed by atoms with E-state index in [1.807, 2.05) is 23.6 Å². The van der Waals surface area contributed by atoms with Gasteiger partial charge in [0.15, 0.2) is 0 Å². The number of hydrogen-bond acceptors (Lipinski definition) is 3. The van der Waals surface area contributed by atoms with Crippen molar-refractivity contribution in [2.75, 3.05) is 6.54 Å². The van der Waals surface area contributed by atoms with Gasteiger partial charge in [-0.2, -0.15) is 0 Å². The van der Waals surface area contributed by atoms with Gasteiger partial charge in [-0.3, -0.25) is 9.78 Å². The van der Waals surface area contributed by atoms with Crippen LogP contribution in [0.1, 0.15) is 15.4 Å². The summed E-state index contributed by atoms with van der Waals surface area (Å²) in [6.07, 6.45) is 3.36. The average molecular weight is 258 g/mol. The van der Waals surface area contributed by atoms with Crippen LogP contribution in [0.2, 0.25) is 0 Å². The molecule has 2 aromatic heterocycles. The average Bonchev–Trinajstić information content (AvgIpc) is 2.91. The lowest BCUT2D eigenvalue weighted by Gasteiger charge is -2.19. The third kappa shape index (κ3) is 3.05. The van der Waals surface area contributed by atoms with Gasteiger partial charge in [0.2, 0.25) is 0 Å². The Morgan fingerprint density at radius 1 is 1.39 bits per heavy atom. The summed E-state index contributed by atoms with van der Waals surface area (Å²) in [6.45, 7) is 4.81. The van der Waals surface area contributed by atoms with Crippen molar-refractivity contribution in [1.82, 2.24) is 9.88 Å². The summed E-state index contributed by atoms with van der Waals surface area (Å²) in [5, 5.41) is 2.01. The Kier molecular flexibility index (Phi) is 4.25. The van der Waals surface area contributed by atoms with Crippen LogP contribution in [0.5, 0.6) is 0 Å². The van der Waals surface area contributed by atoms with E-state index in [0.29, 0.717) is 18.8 Å². The molecule has 0 radical (unpaired) electrons. The lowest BCUT2D eigenvalue weighted by atomic mass is 10.3. The summed E-state index contributed by atoms with van der Waals surface area (Å²) in [7, 11) is 0. The zero-order chi connectivity index (χ0) is 12.8. The maximum atomic E-state index is 12.3. The molecular weight excluding hydrogens is 244 g/mol. The van der Waals surface area contributed by atoms with Crippen molar-refractivity contribution in [3.05, 3.63) is 65.1 Å². The van der Waals surface area contributed by atoms with Crippen molar-refractivity contribution in [1.29, 1.82) is 0 Å². The first-order valence-electron chi connectivity index (χ1n) is 5.65. The van der Waals surface area contributed by atoms with Gasteiger partial charge in [0.05, 0.1) is 6.54 Å². The Morgan fingerprint density at radius 3 is 2.89 bits per heavy atom. The van der Waals surface area contributed by atoms with Crippen molar-refractivity contribution in [3.63, 3.8) is 0 Å². The highest BCUT2D eigenvalue weighted by Crippen LogP contribution is 2.13. The summed E-state index contributed by atoms with van der Waals surface area (Å²) >= 11 is 1.64. The molecule has 2 heterocycles. The molecule has 0 aliphatic heterocycles. The number of carbonyl (C=O) groups excluding carboxylic acids is 1. The van der Waals surface area contributed by atoms with Crippen LogP contribution in [0.3, 0.4) is 0 Å². The summed E-state index contributed by atoms with van der Waals surface area (Å²) < 4.78 is 0. The molecule has 2 rings (SSSR count). The number of amides is 1. The summed E-state index contributed by atoms with van der Waals surface area (Å²) in [5.41, 5.74) is 0.468. The van der Waals surface area contributed by atoms with Crippen molar-refractivity contribution < 1.29 is 4.79 Å². The Balaban J connectivity index is 2.14. The van der Waals surface area contributed by atoms with Crippen LogP contribution >= 0.6 is 11.3 Å². The first-order chi connectivity index (χ1) is 8.81. The van der Waals surface area contributed by atoms with Crippen LogP contribution in [-0.4, -0.2) is 22.3 Å². The number of thiophene rings is 1. The number of aromatic nitrogens is 1. The number of nitrogens with zero attached hydrogens (tertiary/aromatic N) is 2. The number of pyridine rings is 1. The summed E-state index contributed by atoms with van der Waals surface area (Å²) in [6, 6.07) is 9.35. The highest BCUT2D eigenvalue weighted by molar-refractivity contribution is 7.09. The molecule has 0 bridgehead atoms. The molecule has 0 spiro atoms. The number of carbonyl (C=O) groups is 1. The first kappa shape index (κ1) is 12.5. The Bertz CT molecular complexity index is 508. The fraction of sp³-hybridized carbons (Fsp3) is 0.143. The Hall–Kier alpha value is -1.94. The van der Waals surface area contributed by atoms with Crippen LogP contribution in [0.15, 0.2) is 54.6 Å². The molecule has 0 fully saturated rings. The molecule has 0 saturated heterocycles. The van der Waals surface area contributed by atoms with Gasteiger partial charge in [-0.25, -0.2) is 0 Å². The third-order valence-corrected chi connectivity index (χ3v) is 3.31. The quantitative estimate of drug-likeness (QED) is 0.772. The molecular formula is C14H14N2OS. The van der Waals surface area contributed by atoms with Crippen molar-refractivity contribution >= 4 is 17.2 Å². The largest absolute Gasteiger partial charge is 0.328 e. The Morgan fingerprint density at radius 2 is 2.28 bits per heavy atom. The van der Waals surface area contributed by atoms with E-state index < -0.39 is 0 Å². The predicted molar refractivity (Wildman–Crippen MR) is 73.5 cm³/mol. The fourth-order valence-corrected chi connectivity index (χ4v) is 2.34. The second-order valence-electron chi connectivity index (χ2n) is 3.77. The first-order valence-corrected chi connectivity index (χ1v) is 6.53. The van der Waals surface area contributed by atoms with Crippen molar-refractivity contribution in [2.45, 2.75) is 6.54 Å². The minimum absolute atomic E-state index is 0.0658. The van der Waals surface area contributed by atoms with E-state index in [1.54, 1.807) is 40.6 Å². The zero-order valence-corrected chi connectivity index (χ0v) is 10.8. The van der Waals surface area contributed by atoms with Gasteiger partial charge in [-0.1, -0.05) is 18.2 Å². The van der Waals surface area contributed by atoms with Crippen molar-refractivity contribution in [3.8, 4) is 0 Å². The van der Waals surface area contributed by atoms with Gasteiger partial charge in [-0.15, -0.1) is 17.9 Å². The van der Waals surface area contributed by atoms with Crippen LogP contribution in [0, 0.1) is 0 Å². The summed E-state index contributed by atoms with van der Waals surface area (Å²) in [4.78, 5) is 19.3. The van der Waals surface area contributed by atoms with Crippen LogP contribution in [-0.2, 0) is 6.54 Å². The highest BCUT2D eigenvalue weighted by Gasteiger charge is 2.16. The molecule has 0 aliphatic carbocycles. The van der Waals surface area contributed by atoms with E-state index in [0.717, 1.165) is 4.88 Å². The molecule has 0 N–H and O–H groups in total. The molecule has 3 nitrogen and oxygen atoms in total. The fourth-order valence-electron chi connectivity index (χ4n) is 1.62. The highest BCUT2D eigenvalue weighted by atomic mass is 32.1. The third-order valence-electron chi connectivity index (χ3n) is 2.45. The molecule has 0 unspecified atom stereocenters. The lowest BCUT2D eigenvalue weighted by molar-refractivity contribution is 0.0758. The predicted octanol–water partition coefficient (Wildman–Crippen LogP) is 2.97. The van der Waals surface area contributed by atoms with E-state index in [-0.39, 0.29) is 5.91 Å². The molecule has 92 valence electrons. The second-order valence-corrected chi connectivity index (χ2v) is 4.80. The standard InChI is InChI=1S/C14H14N2OS/c1-2-9-16(11-12-6-5-10-18-12)14(17)13-7-3-4-8-15-13/h2-8,10H,1,9,11H2. The maximum Gasteiger partial charge on any atom is 0.273 e. The van der Waals surface area contributed by atoms with Gasteiger partial charge < -0.3 is 4.90 Å². The molecule has 18 heavy (non-hydrogen) atoms. The molecule has 0 saturated carbocycles. The van der Waals surface area contributed by atoms with E-state index in [2.05, 4.69) is 11.6 Å². The van der Waals surface area contributed by atoms with Gasteiger partial charge in [-0.05, 0) is 23.6 Å². The SMILES string of the molecule is C=CCN(Cc1cccs1)C(=O)c1ccccn1. The molecule has 4 heteroatoms. The monoisotopic (exact) mass is 258 g/mol. The van der Waals surface area contributed by atoms with E-state index >= 15 is 0 Å². The van der Waals surface area contributed by atoms with E-state index in [4.69, 9.17) is 0 Å². The minimum Gasteiger partial charge on any atom is -0.328 e. The van der Waals surface area contributed by atoms with Gasteiger partial charge >= 0.3 is 0 Å². The smallest absolute Gasteiger partial charge is 0.273 e. The molecule has 1 amide bonds. The second kappa shape index (κ2) is 6.12. The maximum absolute atomic E-state index is 12.3. The molecule has 0 aromatic carbocycles. The van der Waals surface area contributed by atoms with Gasteiger partial charge in [0.25, 0.3) is 5.91 Å². The number of hydrogen-bond donors (Lipinski definition) is 0. The molecule has 0 atom stereocenters. The van der Waals surface area contributed by atoms with Crippen LogP contribution in [0.4, 0.5) is 0 Å². The van der Waals surface area contributed by atoms with Gasteiger partial charge in [0.1, 0.15) is 5.69 Å². The van der Waals surface area contributed by atoms with Crippen LogP contribution in [0.25, 0.3) is 0 Å². The van der Waals surface area contributed by atoms with Gasteiger partial charge in [0, 0.05) is 17.6 Å². The van der Waals surface area contributed by atoms with E-state index in [9.17, 15) is 4.79 Å². The number of rotatable bonds is 5. The molecule has 2 aromatic rings. The normalized spacial score (nSPS) is 10.0. The van der Waals surface area contributed by atoms with E-state index in [1.165, 1.54) is 0 Å². The van der Waals surface area contributed by atoms with Crippen molar-refractivity contribution in [2.24, 2.45) is 0 Å².